The lowest BCUT2D eigenvalue weighted by Crippen LogP contribution is -2.08. The van der Waals surface area contributed by atoms with Crippen molar-refractivity contribution >= 4 is 33.2 Å². The van der Waals surface area contributed by atoms with Crippen molar-refractivity contribution in [2.75, 3.05) is 5.32 Å². The topological polar surface area (TPSA) is 12.0 Å². The second kappa shape index (κ2) is 5.72. The summed E-state index contributed by atoms with van der Waals surface area (Å²) in [4.78, 5) is 0. The van der Waals surface area contributed by atoms with Gasteiger partial charge in [-0.25, -0.2) is 4.39 Å². The molecule has 1 unspecified atom stereocenters. The minimum Gasteiger partial charge on any atom is -0.375 e. The van der Waals surface area contributed by atoms with E-state index in [2.05, 4.69) is 21.2 Å². The van der Waals surface area contributed by atoms with Gasteiger partial charge in [-0.05, 0) is 52.7 Å². The maximum absolute atomic E-state index is 13.7. The van der Waals surface area contributed by atoms with Crippen molar-refractivity contribution in [2.24, 2.45) is 0 Å². The highest BCUT2D eigenvalue weighted by atomic mass is 79.9. The van der Waals surface area contributed by atoms with E-state index in [0.717, 1.165) is 5.56 Å². The van der Waals surface area contributed by atoms with Crippen LogP contribution >= 0.6 is 27.5 Å². The van der Waals surface area contributed by atoms with Crippen molar-refractivity contribution in [1.29, 1.82) is 0 Å². The summed E-state index contributed by atoms with van der Waals surface area (Å²) in [5, 5.41) is 3.84. The Hall–Kier alpha value is -1.06. The van der Waals surface area contributed by atoms with Crippen molar-refractivity contribution in [3.05, 3.63) is 63.3 Å². The Balaban J connectivity index is 2.21. The molecular weight excluding hydrogens is 317 g/mol. The van der Waals surface area contributed by atoms with Crippen LogP contribution in [-0.4, -0.2) is 0 Å². The lowest BCUT2D eigenvalue weighted by Gasteiger charge is -2.17. The van der Waals surface area contributed by atoms with E-state index in [0.29, 0.717) is 15.2 Å². The molecule has 2 rings (SSSR count). The van der Waals surface area contributed by atoms with E-state index in [1.165, 1.54) is 6.07 Å². The molecule has 18 heavy (non-hydrogen) atoms. The Morgan fingerprint density at radius 1 is 1.17 bits per heavy atom. The molecule has 1 atom stereocenters. The Morgan fingerprint density at radius 2 is 1.83 bits per heavy atom. The molecule has 0 fully saturated rings. The zero-order valence-corrected chi connectivity index (χ0v) is 12.1. The first-order valence-corrected chi connectivity index (χ1v) is 6.71. The molecule has 0 aliphatic heterocycles. The fraction of sp³-hybridized carbons (Fsp3) is 0.143. The number of para-hydroxylation sites is 1. The summed E-state index contributed by atoms with van der Waals surface area (Å²) in [6.45, 7) is 1.97. The average Bonchev–Trinajstić information content (AvgIpc) is 2.34. The van der Waals surface area contributed by atoms with Crippen molar-refractivity contribution in [3.63, 3.8) is 0 Å². The number of rotatable bonds is 3. The number of benzene rings is 2. The maximum atomic E-state index is 13.7. The summed E-state index contributed by atoms with van der Waals surface area (Å²) < 4.78 is 14.4. The lowest BCUT2D eigenvalue weighted by atomic mass is 10.1. The number of hydrogen-bond donors (Lipinski definition) is 1. The highest BCUT2D eigenvalue weighted by molar-refractivity contribution is 9.10. The largest absolute Gasteiger partial charge is 0.375 e. The van der Waals surface area contributed by atoms with Gasteiger partial charge in [0.1, 0.15) is 5.82 Å². The van der Waals surface area contributed by atoms with E-state index < -0.39 is 0 Å². The minimum atomic E-state index is -0.273. The molecule has 2 aromatic carbocycles. The number of nitrogens with one attached hydrogen (secondary N) is 1. The number of halogens is 3. The van der Waals surface area contributed by atoms with Crippen molar-refractivity contribution in [1.82, 2.24) is 0 Å². The first-order chi connectivity index (χ1) is 8.58. The predicted molar refractivity (Wildman–Crippen MR) is 77.6 cm³/mol. The van der Waals surface area contributed by atoms with Crippen LogP contribution in [0.15, 0.2) is 46.9 Å². The SMILES string of the molecule is CC(Nc1c(F)cccc1Br)c1ccc(Cl)cc1. The Bertz CT molecular complexity index is 522. The molecule has 4 heteroatoms. The molecule has 0 amide bonds. The maximum Gasteiger partial charge on any atom is 0.147 e. The lowest BCUT2D eigenvalue weighted by molar-refractivity contribution is 0.626. The van der Waals surface area contributed by atoms with Gasteiger partial charge in [0.15, 0.2) is 0 Å². The molecular formula is C14H12BrClFN. The van der Waals surface area contributed by atoms with Crippen molar-refractivity contribution in [3.8, 4) is 0 Å². The molecule has 0 aromatic heterocycles. The van der Waals surface area contributed by atoms with Gasteiger partial charge in [-0.3, -0.25) is 0 Å². The van der Waals surface area contributed by atoms with Gasteiger partial charge in [0.25, 0.3) is 0 Å². The van der Waals surface area contributed by atoms with Gasteiger partial charge in [0.2, 0.25) is 0 Å². The second-order valence-electron chi connectivity index (χ2n) is 4.01. The summed E-state index contributed by atoms with van der Waals surface area (Å²) in [5.74, 6) is -0.273. The third-order valence-electron chi connectivity index (χ3n) is 2.69. The monoisotopic (exact) mass is 327 g/mol. The summed E-state index contributed by atoms with van der Waals surface area (Å²) in [7, 11) is 0. The normalized spacial score (nSPS) is 12.2. The Labute approximate surface area is 119 Å². The second-order valence-corrected chi connectivity index (χ2v) is 5.31. The van der Waals surface area contributed by atoms with Crippen LogP contribution in [-0.2, 0) is 0 Å². The third-order valence-corrected chi connectivity index (χ3v) is 3.61. The fourth-order valence-electron chi connectivity index (χ4n) is 1.69. The third kappa shape index (κ3) is 3.03. The highest BCUT2D eigenvalue weighted by Crippen LogP contribution is 2.29. The van der Waals surface area contributed by atoms with E-state index in [1.807, 2.05) is 31.2 Å². The molecule has 2 aromatic rings. The van der Waals surface area contributed by atoms with Gasteiger partial charge < -0.3 is 5.32 Å². The fourth-order valence-corrected chi connectivity index (χ4v) is 2.27. The summed E-state index contributed by atoms with van der Waals surface area (Å²) in [5.41, 5.74) is 1.52. The molecule has 0 saturated heterocycles. The van der Waals surface area contributed by atoms with Crippen LogP contribution in [0.1, 0.15) is 18.5 Å². The van der Waals surface area contributed by atoms with Crippen LogP contribution in [0, 0.1) is 5.82 Å². The molecule has 0 saturated carbocycles. The average molecular weight is 329 g/mol. The van der Waals surface area contributed by atoms with Gasteiger partial charge in [-0.15, -0.1) is 0 Å². The minimum absolute atomic E-state index is 0.00420. The van der Waals surface area contributed by atoms with Gasteiger partial charge in [0, 0.05) is 15.5 Å². The highest BCUT2D eigenvalue weighted by Gasteiger charge is 2.11. The van der Waals surface area contributed by atoms with E-state index in [1.54, 1.807) is 12.1 Å². The number of hydrogen-bond acceptors (Lipinski definition) is 1. The first kappa shape index (κ1) is 13.4. The molecule has 0 aliphatic rings. The molecule has 94 valence electrons. The molecule has 0 bridgehead atoms. The summed E-state index contributed by atoms with van der Waals surface area (Å²) >= 11 is 9.18. The quantitative estimate of drug-likeness (QED) is 0.794. The molecule has 0 radical (unpaired) electrons. The van der Waals surface area contributed by atoms with Gasteiger partial charge in [-0.2, -0.15) is 0 Å². The summed E-state index contributed by atoms with van der Waals surface area (Å²) in [6, 6.07) is 12.4. The predicted octanol–water partition coefficient (Wildman–Crippen LogP) is 5.41. The zero-order valence-electron chi connectivity index (χ0n) is 9.75. The van der Waals surface area contributed by atoms with Crippen LogP contribution in [0.3, 0.4) is 0 Å². The standard InChI is InChI=1S/C14H12BrClFN/c1-9(10-5-7-11(16)8-6-10)18-14-12(15)3-2-4-13(14)17/h2-9,18H,1H3. The molecule has 1 nitrogen and oxygen atoms in total. The van der Waals surface area contributed by atoms with Crippen molar-refractivity contribution in [2.45, 2.75) is 13.0 Å². The van der Waals surface area contributed by atoms with Crippen LogP contribution in [0.25, 0.3) is 0 Å². The zero-order chi connectivity index (χ0) is 13.1. The molecule has 0 aliphatic carbocycles. The smallest absolute Gasteiger partial charge is 0.147 e. The molecule has 0 spiro atoms. The number of anilines is 1. The van der Waals surface area contributed by atoms with Crippen LogP contribution < -0.4 is 5.32 Å². The Morgan fingerprint density at radius 3 is 2.44 bits per heavy atom. The van der Waals surface area contributed by atoms with Crippen LogP contribution in [0.2, 0.25) is 5.02 Å². The van der Waals surface area contributed by atoms with E-state index in [-0.39, 0.29) is 11.9 Å². The van der Waals surface area contributed by atoms with Gasteiger partial charge >= 0.3 is 0 Å². The molecule has 1 N–H and O–H groups in total. The van der Waals surface area contributed by atoms with Crippen molar-refractivity contribution < 1.29 is 4.39 Å². The van der Waals surface area contributed by atoms with Gasteiger partial charge in [-0.1, -0.05) is 29.8 Å². The van der Waals surface area contributed by atoms with Crippen LogP contribution in [0.5, 0.6) is 0 Å². The van der Waals surface area contributed by atoms with Gasteiger partial charge in [0.05, 0.1) is 5.69 Å². The molecule has 0 heterocycles. The first-order valence-electron chi connectivity index (χ1n) is 5.54. The van der Waals surface area contributed by atoms with E-state index >= 15 is 0 Å². The van der Waals surface area contributed by atoms with Crippen LogP contribution in [0.4, 0.5) is 10.1 Å². The van der Waals surface area contributed by atoms with E-state index in [4.69, 9.17) is 11.6 Å². The summed E-state index contributed by atoms with van der Waals surface area (Å²) in [6.07, 6.45) is 0. The van der Waals surface area contributed by atoms with E-state index in [9.17, 15) is 4.39 Å². The Kier molecular flexibility index (Phi) is 4.25.